The summed E-state index contributed by atoms with van der Waals surface area (Å²) < 4.78 is 5.13. The molecule has 0 aromatic rings. The second kappa shape index (κ2) is 6.50. The second-order valence-electron chi connectivity index (χ2n) is 5.46. The minimum Gasteiger partial charge on any atom is -0.392 e. The predicted octanol–water partition coefficient (Wildman–Crippen LogP) is 2.53. The van der Waals surface area contributed by atoms with Crippen LogP contribution in [0.1, 0.15) is 40.5 Å². The van der Waals surface area contributed by atoms with Crippen molar-refractivity contribution in [2.24, 2.45) is 22.7 Å². The first-order valence-corrected chi connectivity index (χ1v) is 6.75. The van der Waals surface area contributed by atoms with E-state index in [9.17, 15) is 5.11 Å². The Balaban J connectivity index is 2.84. The highest BCUT2D eigenvalue weighted by Crippen LogP contribution is 2.33. The maximum atomic E-state index is 10.2. The molecular formula is C14H27NO2. The third kappa shape index (κ3) is 3.52. The van der Waals surface area contributed by atoms with Crippen molar-refractivity contribution in [3.63, 3.8) is 0 Å². The van der Waals surface area contributed by atoms with Crippen molar-refractivity contribution in [1.29, 1.82) is 0 Å². The average molecular weight is 241 g/mol. The Morgan fingerprint density at radius 1 is 1.47 bits per heavy atom. The van der Waals surface area contributed by atoms with Crippen molar-refractivity contribution in [3.05, 3.63) is 0 Å². The number of nitrogens with zero attached hydrogens (tertiary/aromatic N) is 1. The summed E-state index contributed by atoms with van der Waals surface area (Å²) in [4.78, 5) is 4.78. The predicted molar refractivity (Wildman–Crippen MR) is 71.5 cm³/mol. The Morgan fingerprint density at radius 2 is 2.12 bits per heavy atom. The lowest BCUT2D eigenvalue weighted by molar-refractivity contribution is 0.0641. The summed E-state index contributed by atoms with van der Waals surface area (Å²) in [6.45, 7) is 9.16. The normalized spacial score (nSPS) is 38.4. The van der Waals surface area contributed by atoms with Crippen molar-refractivity contribution >= 4 is 5.71 Å². The number of ether oxygens (including phenoxy) is 1. The summed E-state index contributed by atoms with van der Waals surface area (Å²) in [6.07, 6.45) is 1.92. The van der Waals surface area contributed by atoms with E-state index in [1.54, 1.807) is 7.11 Å². The van der Waals surface area contributed by atoms with E-state index in [0.717, 1.165) is 12.8 Å². The standard InChI is InChI=1S/C14H27NO2/c1-6-12-7-9(2)14(16)11(4)13(12)15-10(3)8-17-5/h9-12,14,16H,6-8H2,1-5H3/t9?,10-,11?,12?,14?/m0/s1. The summed E-state index contributed by atoms with van der Waals surface area (Å²) in [7, 11) is 1.70. The van der Waals surface area contributed by atoms with Gasteiger partial charge in [-0.25, -0.2) is 0 Å². The minimum atomic E-state index is -0.244. The Labute approximate surface area is 105 Å². The van der Waals surface area contributed by atoms with Crippen LogP contribution in [-0.2, 0) is 4.74 Å². The zero-order valence-corrected chi connectivity index (χ0v) is 11.8. The molecule has 4 unspecified atom stereocenters. The molecule has 1 aliphatic carbocycles. The Hall–Kier alpha value is -0.410. The van der Waals surface area contributed by atoms with Gasteiger partial charge in [0.05, 0.1) is 18.8 Å². The fourth-order valence-corrected chi connectivity index (χ4v) is 2.88. The fourth-order valence-electron chi connectivity index (χ4n) is 2.88. The third-order valence-corrected chi connectivity index (χ3v) is 3.91. The van der Waals surface area contributed by atoms with Crippen molar-refractivity contribution < 1.29 is 9.84 Å². The van der Waals surface area contributed by atoms with E-state index in [4.69, 9.17) is 9.73 Å². The highest BCUT2D eigenvalue weighted by molar-refractivity contribution is 5.90. The zero-order chi connectivity index (χ0) is 13.0. The van der Waals surface area contributed by atoms with Gasteiger partial charge >= 0.3 is 0 Å². The molecular weight excluding hydrogens is 214 g/mol. The molecule has 1 fully saturated rings. The molecule has 1 aliphatic rings. The monoisotopic (exact) mass is 241 g/mol. The van der Waals surface area contributed by atoms with Crippen molar-refractivity contribution in [3.8, 4) is 0 Å². The van der Waals surface area contributed by atoms with Crippen LogP contribution in [0.15, 0.2) is 4.99 Å². The number of aliphatic hydroxyl groups excluding tert-OH is 1. The molecule has 100 valence electrons. The van der Waals surface area contributed by atoms with E-state index in [-0.39, 0.29) is 18.1 Å². The molecule has 0 aromatic carbocycles. The number of hydrogen-bond donors (Lipinski definition) is 1. The Morgan fingerprint density at radius 3 is 2.65 bits per heavy atom. The summed E-state index contributed by atoms with van der Waals surface area (Å²) in [6, 6.07) is 0.187. The van der Waals surface area contributed by atoms with Gasteiger partial charge in [0.1, 0.15) is 0 Å². The highest BCUT2D eigenvalue weighted by atomic mass is 16.5. The topological polar surface area (TPSA) is 41.8 Å². The van der Waals surface area contributed by atoms with Crippen LogP contribution in [0.4, 0.5) is 0 Å². The van der Waals surface area contributed by atoms with Crippen LogP contribution < -0.4 is 0 Å². The molecule has 0 aliphatic heterocycles. The van der Waals surface area contributed by atoms with Gasteiger partial charge < -0.3 is 9.84 Å². The van der Waals surface area contributed by atoms with Crippen LogP contribution in [-0.4, -0.2) is 36.7 Å². The van der Waals surface area contributed by atoms with Gasteiger partial charge in [-0.2, -0.15) is 0 Å². The van der Waals surface area contributed by atoms with Gasteiger partial charge in [-0.15, -0.1) is 0 Å². The molecule has 0 heterocycles. The maximum Gasteiger partial charge on any atom is 0.0704 e. The molecule has 0 radical (unpaired) electrons. The number of aliphatic imine (C=N–C) groups is 1. The molecule has 0 saturated heterocycles. The van der Waals surface area contributed by atoms with E-state index in [1.807, 2.05) is 0 Å². The van der Waals surface area contributed by atoms with Crippen LogP contribution >= 0.6 is 0 Å². The van der Waals surface area contributed by atoms with E-state index in [0.29, 0.717) is 18.4 Å². The number of aliphatic hydroxyl groups is 1. The molecule has 0 amide bonds. The summed E-state index contributed by atoms with van der Waals surface area (Å²) >= 11 is 0. The quantitative estimate of drug-likeness (QED) is 0.821. The molecule has 0 aromatic heterocycles. The maximum absolute atomic E-state index is 10.2. The molecule has 3 nitrogen and oxygen atoms in total. The fraction of sp³-hybridized carbons (Fsp3) is 0.929. The molecule has 0 spiro atoms. The van der Waals surface area contributed by atoms with Crippen LogP contribution in [0.5, 0.6) is 0 Å². The van der Waals surface area contributed by atoms with Gasteiger partial charge in [-0.05, 0) is 31.6 Å². The molecule has 3 heteroatoms. The molecule has 17 heavy (non-hydrogen) atoms. The van der Waals surface area contributed by atoms with Gasteiger partial charge in [0.15, 0.2) is 0 Å². The lowest BCUT2D eigenvalue weighted by atomic mass is 9.72. The molecule has 1 rings (SSSR count). The number of hydrogen-bond acceptors (Lipinski definition) is 3. The van der Waals surface area contributed by atoms with Crippen molar-refractivity contribution in [2.45, 2.75) is 52.7 Å². The van der Waals surface area contributed by atoms with Gasteiger partial charge in [-0.1, -0.05) is 20.8 Å². The van der Waals surface area contributed by atoms with E-state index in [2.05, 4.69) is 27.7 Å². The lowest BCUT2D eigenvalue weighted by Gasteiger charge is -2.37. The first kappa shape index (κ1) is 14.7. The van der Waals surface area contributed by atoms with E-state index in [1.165, 1.54) is 5.71 Å². The zero-order valence-electron chi connectivity index (χ0n) is 11.8. The average Bonchev–Trinajstić information content (AvgIpc) is 2.30. The van der Waals surface area contributed by atoms with Gasteiger partial charge in [0, 0.05) is 18.7 Å². The first-order valence-electron chi connectivity index (χ1n) is 6.75. The van der Waals surface area contributed by atoms with Crippen LogP contribution in [0.2, 0.25) is 0 Å². The van der Waals surface area contributed by atoms with Crippen LogP contribution in [0, 0.1) is 17.8 Å². The lowest BCUT2D eigenvalue weighted by Crippen LogP contribution is -2.42. The van der Waals surface area contributed by atoms with Crippen LogP contribution in [0.3, 0.4) is 0 Å². The summed E-state index contributed by atoms with van der Waals surface area (Å²) in [5.41, 5.74) is 1.20. The van der Waals surface area contributed by atoms with Crippen molar-refractivity contribution in [1.82, 2.24) is 0 Å². The number of rotatable bonds is 4. The first-order chi connectivity index (χ1) is 8.01. The van der Waals surface area contributed by atoms with Crippen molar-refractivity contribution in [2.75, 3.05) is 13.7 Å². The number of methoxy groups -OCH3 is 1. The smallest absolute Gasteiger partial charge is 0.0704 e. The van der Waals surface area contributed by atoms with E-state index >= 15 is 0 Å². The third-order valence-electron chi connectivity index (χ3n) is 3.91. The molecule has 1 saturated carbocycles. The van der Waals surface area contributed by atoms with Crippen LogP contribution in [0.25, 0.3) is 0 Å². The minimum absolute atomic E-state index is 0.183. The van der Waals surface area contributed by atoms with Gasteiger partial charge in [0.2, 0.25) is 0 Å². The molecule has 0 bridgehead atoms. The largest absolute Gasteiger partial charge is 0.392 e. The summed E-state index contributed by atoms with van der Waals surface area (Å²) in [5, 5.41) is 10.2. The summed E-state index contributed by atoms with van der Waals surface area (Å²) in [5.74, 6) is 1.09. The molecule has 1 N–H and O–H groups in total. The second-order valence-corrected chi connectivity index (χ2v) is 5.46. The van der Waals surface area contributed by atoms with Gasteiger partial charge in [0.25, 0.3) is 0 Å². The van der Waals surface area contributed by atoms with Gasteiger partial charge in [-0.3, -0.25) is 4.99 Å². The SMILES string of the molecule is CCC1CC(C)C(O)C(C)C1=N[C@@H](C)COC. The molecule has 5 atom stereocenters. The Kier molecular flexibility index (Phi) is 5.60. The Bertz CT molecular complexity index is 261. The van der Waals surface area contributed by atoms with E-state index < -0.39 is 0 Å². The highest BCUT2D eigenvalue weighted by Gasteiger charge is 2.36.